The highest BCUT2D eigenvalue weighted by atomic mass is 32.2. The normalized spacial score (nSPS) is 26.6. The van der Waals surface area contributed by atoms with E-state index in [1.807, 2.05) is 0 Å². The van der Waals surface area contributed by atoms with Crippen molar-refractivity contribution in [3.8, 4) is 0 Å². The maximum Gasteiger partial charge on any atom is 0.0108 e. The molecule has 0 amide bonds. The predicted molar refractivity (Wildman–Crippen MR) is 77.2 cm³/mol. The van der Waals surface area contributed by atoms with Gasteiger partial charge in [0.15, 0.2) is 0 Å². The third-order valence-electron chi connectivity index (χ3n) is 4.51. The zero-order valence-corrected chi connectivity index (χ0v) is 11.7. The van der Waals surface area contributed by atoms with Crippen LogP contribution in [-0.4, -0.2) is 29.8 Å². The average molecular weight is 259 g/mol. The number of nitrogens with zero attached hydrogens (tertiary/aromatic N) is 1. The van der Waals surface area contributed by atoms with Crippen LogP contribution < -0.4 is 0 Å². The van der Waals surface area contributed by atoms with E-state index < -0.39 is 0 Å². The highest BCUT2D eigenvalue weighted by molar-refractivity contribution is 7.99. The van der Waals surface area contributed by atoms with Crippen LogP contribution in [0.3, 0.4) is 0 Å². The Hall–Kier alpha value is -0.470. The molecule has 1 atom stereocenters. The van der Waals surface area contributed by atoms with E-state index in [0.717, 1.165) is 17.9 Å². The number of thioether (sulfide) groups is 1. The van der Waals surface area contributed by atoms with Crippen molar-refractivity contribution in [2.45, 2.75) is 42.5 Å². The van der Waals surface area contributed by atoms with Gasteiger partial charge in [0.2, 0.25) is 0 Å². The lowest BCUT2D eigenvalue weighted by molar-refractivity contribution is 0.242. The predicted octanol–water partition coefficient (Wildman–Crippen LogP) is 3.75. The Bertz CT molecular complexity index is 436. The number of benzene rings is 1. The molecule has 18 heavy (non-hydrogen) atoms. The number of hydrogen-bond acceptors (Lipinski definition) is 2. The van der Waals surface area contributed by atoms with Gasteiger partial charge in [0.05, 0.1) is 0 Å². The molecule has 0 aromatic heterocycles. The van der Waals surface area contributed by atoms with E-state index in [4.69, 9.17) is 0 Å². The third-order valence-corrected chi connectivity index (χ3v) is 5.76. The summed E-state index contributed by atoms with van der Waals surface area (Å²) in [6.45, 7) is 2.69. The quantitative estimate of drug-likeness (QED) is 0.792. The molecule has 0 radical (unpaired) electrons. The molecule has 2 saturated carbocycles. The Morgan fingerprint density at radius 1 is 1.06 bits per heavy atom. The van der Waals surface area contributed by atoms with Gasteiger partial charge in [-0.05, 0) is 43.2 Å². The summed E-state index contributed by atoms with van der Waals surface area (Å²) in [6, 6.07) is 9.96. The Labute approximate surface area is 114 Å². The maximum absolute atomic E-state index is 2.81. The fourth-order valence-electron chi connectivity index (χ4n) is 3.11. The minimum Gasteiger partial charge on any atom is -0.299 e. The first-order valence-electron chi connectivity index (χ1n) is 7.36. The van der Waals surface area contributed by atoms with Crippen molar-refractivity contribution in [3.63, 3.8) is 0 Å². The highest BCUT2D eigenvalue weighted by Gasteiger charge is 2.36. The van der Waals surface area contributed by atoms with Crippen molar-refractivity contribution >= 4 is 11.8 Å². The molecule has 1 heterocycles. The molecule has 2 fully saturated rings. The Morgan fingerprint density at radius 3 is 2.67 bits per heavy atom. The molecule has 2 aliphatic carbocycles. The topological polar surface area (TPSA) is 3.24 Å². The van der Waals surface area contributed by atoms with Crippen LogP contribution >= 0.6 is 11.8 Å². The van der Waals surface area contributed by atoms with Crippen LogP contribution in [0.2, 0.25) is 0 Å². The van der Waals surface area contributed by atoms with Gasteiger partial charge in [0.1, 0.15) is 0 Å². The summed E-state index contributed by atoms with van der Waals surface area (Å²) in [5, 5.41) is 0. The Balaban J connectivity index is 1.46. The van der Waals surface area contributed by atoms with Crippen LogP contribution in [0.15, 0.2) is 29.2 Å². The van der Waals surface area contributed by atoms with Gasteiger partial charge in [-0.15, -0.1) is 11.8 Å². The number of fused-ring (bicyclic) bond motifs is 1. The summed E-state index contributed by atoms with van der Waals surface area (Å²) in [6.07, 6.45) is 5.88. The molecule has 0 bridgehead atoms. The highest BCUT2D eigenvalue weighted by Crippen LogP contribution is 2.42. The zero-order valence-electron chi connectivity index (χ0n) is 10.8. The van der Waals surface area contributed by atoms with Crippen LogP contribution in [0, 0.1) is 5.92 Å². The van der Waals surface area contributed by atoms with Crippen LogP contribution in [0.1, 0.15) is 37.2 Å². The maximum atomic E-state index is 2.81. The molecule has 3 aliphatic rings. The van der Waals surface area contributed by atoms with Crippen LogP contribution in [-0.2, 0) is 0 Å². The molecular weight excluding hydrogens is 238 g/mol. The summed E-state index contributed by atoms with van der Waals surface area (Å²) in [5.74, 6) is 3.12. The van der Waals surface area contributed by atoms with E-state index >= 15 is 0 Å². The van der Waals surface area contributed by atoms with Crippen LogP contribution in [0.5, 0.6) is 0 Å². The van der Waals surface area contributed by atoms with Gasteiger partial charge in [0.25, 0.3) is 0 Å². The molecule has 1 aliphatic heterocycles. The molecule has 0 saturated heterocycles. The summed E-state index contributed by atoms with van der Waals surface area (Å²) >= 11 is 2.06. The standard InChI is InChI=1S/C16H21NS/c1-2-4-16-15(3-1)13(11-18-16)10-17(14-7-8-14)9-12-5-6-12/h1-4,12-14H,5-11H2. The molecule has 1 aromatic carbocycles. The van der Waals surface area contributed by atoms with Gasteiger partial charge >= 0.3 is 0 Å². The van der Waals surface area contributed by atoms with E-state index in [-0.39, 0.29) is 0 Å². The summed E-state index contributed by atoms with van der Waals surface area (Å²) in [5.41, 5.74) is 1.61. The second-order valence-corrected chi connectivity index (χ2v) is 7.24. The van der Waals surface area contributed by atoms with E-state index in [2.05, 4.69) is 40.9 Å². The first kappa shape index (κ1) is 11.4. The Morgan fingerprint density at radius 2 is 1.89 bits per heavy atom. The van der Waals surface area contributed by atoms with Crippen molar-refractivity contribution in [2.75, 3.05) is 18.8 Å². The molecular formula is C16H21NS. The molecule has 1 aromatic rings. The van der Waals surface area contributed by atoms with Gasteiger partial charge < -0.3 is 0 Å². The lowest BCUT2D eigenvalue weighted by atomic mass is 10.0. The van der Waals surface area contributed by atoms with Crippen LogP contribution in [0.25, 0.3) is 0 Å². The SMILES string of the molecule is c1ccc2c(c1)SCC2CN(CC1CC1)C1CC1. The minimum atomic E-state index is 0.783. The molecule has 1 unspecified atom stereocenters. The number of hydrogen-bond donors (Lipinski definition) is 0. The van der Waals surface area contributed by atoms with Crippen LogP contribution in [0.4, 0.5) is 0 Å². The molecule has 0 spiro atoms. The second-order valence-electron chi connectivity index (χ2n) is 6.17. The lowest BCUT2D eigenvalue weighted by Crippen LogP contribution is -2.32. The van der Waals surface area contributed by atoms with Crippen molar-refractivity contribution in [2.24, 2.45) is 5.92 Å². The molecule has 96 valence electrons. The van der Waals surface area contributed by atoms with E-state index in [0.29, 0.717) is 0 Å². The summed E-state index contributed by atoms with van der Waals surface area (Å²) in [4.78, 5) is 4.34. The fourth-order valence-corrected chi connectivity index (χ4v) is 4.35. The van der Waals surface area contributed by atoms with Crippen molar-refractivity contribution < 1.29 is 0 Å². The smallest absolute Gasteiger partial charge is 0.0108 e. The Kier molecular flexibility index (Phi) is 2.89. The largest absolute Gasteiger partial charge is 0.299 e. The third kappa shape index (κ3) is 2.33. The first-order valence-corrected chi connectivity index (χ1v) is 8.34. The van der Waals surface area contributed by atoms with Gasteiger partial charge in [0, 0.05) is 35.7 Å². The van der Waals surface area contributed by atoms with Gasteiger partial charge in [-0.2, -0.15) is 0 Å². The van der Waals surface area contributed by atoms with Gasteiger partial charge in [-0.3, -0.25) is 4.90 Å². The molecule has 2 heteroatoms. The monoisotopic (exact) mass is 259 g/mol. The molecule has 4 rings (SSSR count). The zero-order chi connectivity index (χ0) is 11.9. The second kappa shape index (κ2) is 4.57. The van der Waals surface area contributed by atoms with Crippen molar-refractivity contribution in [3.05, 3.63) is 29.8 Å². The van der Waals surface area contributed by atoms with Crippen molar-refractivity contribution in [1.82, 2.24) is 4.90 Å². The van der Waals surface area contributed by atoms with Gasteiger partial charge in [-0.25, -0.2) is 0 Å². The lowest BCUT2D eigenvalue weighted by Gasteiger charge is -2.25. The van der Waals surface area contributed by atoms with Gasteiger partial charge in [-0.1, -0.05) is 18.2 Å². The summed E-state index contributed by atoms with van der Waals surface area (Å²) in [7, 11) is 0. The summed E-state index contributed by atoms with van der Waals surface area (Å²) < 4.78 is 0. The molecule has 0 N–H and O–H groups in total. The average Bonchev–Trinajstić information content (AvgIpc) is 3.28. The molecule has 1 nitrogen and oxygen atoms in total. The fraction of sp³-hybridized carbons (Fsp3) is 0.625. The van der Waals surface area contributed by atoms with Crippen molar-refractivity contribution in [1.29, 1.82) is 0 Å². The van der Waals surface area contributed by atoms with E-state index in [1.54, 1.807) is 5.56 Å². The van der Waals surface area contributed by atoms with E-state index in [9.17, 15) is 0 Å². The first-order chi connectivity index (χ1) is 8.90. The van der Waals surface area contributed by atoms with E-state index in [1.165, 1.54) is 49.4 Å². The minimum absolute atomic E-state index is 0.783. The number of rotatable bonds is 5.